The highest BCUT2D eigenvalue weighted by Gasteiger charge is 2.30. The van der Waals surface area contributed by atoms with Gasteiger partial charge in [-0.3, -0.25) is 14.5 Å². The van der Waals surface area contributed by atoms with Gasteiger partial charge in [-0.2, -0.15) is 5.26 Å². The molecule has 1 atom stereocenters. The van der Waals surface area contributed by atoms with Gasteiger partial charge in [0, 0.05) is 43.3 Å². The molecule has 1 aliphatic carbocycles. The van der Waals surface area contributed by atoms with Crippen molar-refractivity contribution in [2.45, 2.75) is 18.9 Å². The topological polar surface area (TPSA) is 85.7 Å². The number of ether oxygens (including phenoxy) is 1. The van der Waals surface area contributed by atoms with Gasteiger partial charge in [-0.05, 0) is 48.7 Å². The Balaban J connectivity index is 1.37. The normalized spacial score (nSPS) is 17.5. The molecule has 1 unspecified atom stereocenters. The van der Waals surface area contributed by atoms with Gasteiger partial charge in [0.25, 0.3) is 5.91 Å². The fraction of sp³-hybridized carbons (Fsp3) is 0.375. The van der Waals surface area contributed by atoms with E-state index >= 15 is 0 Å². The van der Waals surface area contributed by atoms with E-state index in [1.54, 1.807) is 36.3 Å². The van der Waals surface area contributed by atoms with E-state index in [2.05, 4.69) is 16.3 Å². The monoisotopic (exact) mass is 418 g/mol. The lowest BCUT2D eigenvalue weighted by Crippen LogP contribution is -2.49. The van der Waals surface area contributed by atoms with Gasteiger partial charge >= 0.3 is 0 Å². The molecule has 2 aliphatic rings. The van der Waals surface area contributed by atoms with Crippen LogP contribution in [0.3, 0.4) is 0 Å². The molecule has 2 fully saturated rings. The Morgan fingerprint density at radius 3 is 2.42 bits per heavy atom. The summed E-state index contributed by atoms with van der Waals surface area (Å²) in [5.74, 6) is 0.844. The van der Waals surface area contributed by atoms with E-state index < -0.39 is 0 Å². The molecule has 7 heteroatoms. The number of methoxy groups -OCH3 is 1. The molecule has 0 spiro atoms. The van der Waals surface area contributed by atoms with Crippen LogP contribution < -0.4 is 10.1 Å². The van der Waals surface area contributed by atoms with E-state index in [1.807, 2.05) is 24.3 Å². The number of nitrogens with one attached hydrogen (secondary N) is 1. The molecule has 160 valence electrons. The average Bonchev–Trinajstić information content (AvgIpc) is 3.66. The number of hydrogen-bond donors (Lipinski definition) is 1. The number of amides is 2. The van der Waals surface area contributed by atoms with E-state index in [4.69, 9.17) is 4.74 Å². The first-order valence-electron chi connectivity index (χ1n) is 10.6. The predicted molar refractivity (Wildman–Crippen MR) is 117 cm³/mol. The van der Waals surface area contributed by atoms with Crippen LogP contribution in [0, 0.1) is 17.2 Å². The highest BCUT2D eigenvalue weighted by atomic mass is 16.5. The second-order valence-corrected chi connectivity index (χ2v) is 7.98. The molecule has 1 saturated heterocycles. The van der Waals surface area contributed by atoms with Crippen LogP contribution in [0.4, 0.5) is 5.69 Å². The number of carbonyl (C=O) groups is 2. The number of anilines is 1. The minimum atomic E-state index is -0.357. The van der Waals surface area contributed by atoms with Gasteiger partial charge in [-0.25, -0.2) is 0 Å². The maximum Gasteiger partial charge on any atom is 0.254 e. The van der Waals surface area contributed by atoms with E-state index in [0.717, 1.165) is 24.2 Å². The summed E-state index contributed by atoms with van der Waals surface area (Å²) in [6.07, 6.45) is 1.88. The predicted octanol–water partition coefficient (Wildman–Crippen LogP) is 3.07. The molecule has 1 aliphatic heterocycles. The Hall–Kier alpha value is -3.37. The van der Waals surface area contributed by atoms with Crippen molar-refractivity contribution in [2.75, 3.05) is 38.6 Å². The largest absolute Gasteiger partial charge is 0.497 e. The van der Waals surface area contributed by atoms with Crippen LogP contribution in [0.1, 0.15) is 34.8 Å². The lowest BCUT2D eigenvalue weighted by Gasteiger charge is -2.37. The van der Waals surface area contributed by atoms with Gasteiger partial charge < -0.3 is 15.0 Å². The average molecular weight is 418 g/mol. The molecule has 0 aromatic heterocycles. The summed E-state index contributed by atoms with van der Waals surface area (Å²) >= 11 is 0. The van der Waals surface area contributed by atoms with Crippen LogP contribution in [-0.2, 0) is 4.79 Å². The van der Waals surface area contributed by atoms with Crippen molar-refractivity contribution in [3.63, 3.8) is 0 Å². The molecule has 1 heterocycles. The molecule has 4 rings (SSSR count). The van der Waals surface area contributed by atoms with E-state index in [1.165, 1.54) is 0 Å². The van der Waals surface area contributed by atoms with E-state index in [0.29, 0.717) is 37.4 Å². The van der Waals surface area contributed by atoms with Crippen LogP contribution in [0.15, 0.2) is 48.5 Å². The Labute approximate surface area is 182 Å². The Morgan fingerprint density at radius 1 is 1.10 bits per heavy atom. The van der Waals surface area contributed by atoms with Crippen molar-refractivity contribution in [1.29, 1.82) is 5.26 Å². The standard InChI is InChI=1S/C24H26N4O3/c1-31-21-9-7-17(8-10-21)22(16-25)27-11-13-28(14-12-27)24(30)19-3-2-4-20(15-19)26-23(29)18-5-6-18/h2-4,7-10,15,18,22H,5-6,11-14H2,1H3,(H,26,29). The van der Waals surface area contributed by atoms with Crippen molar-refractivity contribution in [1.82, 2.24) is 9.80 Å². The molecule has 2 aromatic rings. The van der Waals surface area contributed by atoms with Gasteiger partial charge in [0.1, 0.15) is 11.8 Å². The van der Waals surface area contributed by atoms with Crippen LogP contribution in [0.25, 0.3) is 0 Å². The molecular formula is C24H26N4O3. The molecule has 0 radical (unpaired) electrons. The third-order valence-electron chi connectivity index (χ3n) is 5.85. The molecule has 2 aromatic carbocycles. The van der Waals surface area contributed by atoms with Crippen molar-refractivity contribution in [3.05, 3.63) is 59.7 Å². The number of piperazine rings is 1. The number of rotatable bonds is 6. The number of benzene rings is 2. The second-order valence-electron chi connectivity index (χ2n) is 7.98. The molecule has 2 amide bonds. The highest BCUT2D eigenvalue weighted by Crippen LogP contribution is 2.30. The van der Waals surface area contributed by atoms with Crippen LogP contribution >= 0.6 is 0 Å². The molecular weight excluding hydrogens is 392 g/mol. The summed E-state index contributed by atoms with van der Waals surface area (Å²) in [5, 5.41) is 12.6. The molecule has 0 bridgehead atoms. The molecule has 31 heavy (non-hydrogen) atoms. The number of hydrogen-bond acceptors (Lipinski definition) is 5. The van der Waals surface area contributed by atoms with E-state index in [9.17, 15) is 14.9 Å². The second kappa shape index (κ2) is 9.19. The molecule has 1 N–H and O–H groups in total. The number of nitrogens with zero attached hydrogens (tertiary/aromatic N) is 3. The molecule has 7 nitrogen and oxygen atoms in total. The maximum absolute atomic E-state index is 13.0. The van der Waals surface area contributed by atoms with Crippen LogP contribution in [-0.4, -0.2) is 54.9 Å². The Kier molecular flexibility index (Phi) is 6.19. The maximum atomic E-state index is 13.0. The van der Waals surface area contributed by atoms with Crippen molar-refractivity contribution >= 4 is 17.5 Å². The lowest BCUT2D eigenvalue weighted by molar-refractivity contribution is -0.117. The third kappa shape index (κ3) is 4.86. The number of nitriles is 1. The fourth-order valence-electron chi connectivity index (χ4n) is 3.84. The smallest absolute Gasteiger partial charge is 0.254 e. The first kappa shape index (κ1) is 20.9. The van der Waals surface area contributed by atoms with Gasteiger partial charge in [0.2, 0.25) is 5.91 Å². The Bertz CT molecular complexity index is 987. The van der Waals surface area contributed by atoms with Crippen molar-refractivity contribution in [2.24, 2.45) is 5.92 Å². The summed E-state index contributed by atoms with van der Waals surface area (Å²) in [7, 11) is 1.61. The third-order valence-corrected chi connectivity index (χ3v) is 5.85. The van der Waals surface area contributed by atoms with E-state index in [-0.39, 0.29) is 23.8 Å². The first-order valence-corrected chi connectivity index (χ1v) is 10.6. The zero-order chi connectivity index (χ0) is 21.8. The van der Waals surface area contributed by atoms with Gasteiger partial charge in [0.15, 0.2) is 0 Å². The summed E-state index contributed by atoms with van der Waals surface area (Å²) in [6, 6.07) is 16.7. The number of carbonyl (C=O) groups excluding carboxylic acids is 2. The minimum absolute atomic E-state index is 0.0271. The summed E-state index contributed by atoms with van der Waals surface area (Å²) in [6.45, 7) is 2.33. The van der Waals surface area contributed by atoms with Crippen molar-refractivity contribution < 1.29 is 14.3 Å². The van der Waals surface area contributed by atoms with Crippen molar-refractivity contribution in [3.8, 4) is 11.8 Å². The highest BCUT2D eigenvalue weighted by molar-refractivity contribution is 5.98. The minimum Gasteiger partial charge on any atom is -0.497 e. The zero-order valence-electron chi connectivity index (χ0n) is 17.6. The van der Waals surface area contributed by atoms with Gasteiger partial charge in [-0.15, -0.1) is 0 Å². The first-order chi connectivity index (χ1) is 15.1. The van der Waals surface area contributed by atoms with Gasteiger partial charge in [0.05, 0.1) is 13.2 Å². The fourth-order valence-corrected chi connectivity index (χ4v) is 3.84. The van der Waals surface area contributed by atoms with Crippen LogP contribution in [0.2, 0.25) is 0 Å². The summed E-state index contributed by atoms with van der Waals surface area (Å²) in [4.78, 5) is 28.9. The Morgan fingerprint density at radius 2 is 1.81 bits per heavy atom. The zero-order valence-corrected chi connectivity index (χ0v) is 17.6. The van der Waals surface area contributed by atoms with Crippen LogP contribution in [0.5, 0.6) is 5.75 Å². The molecule has 1 saturated carbocycles. The quantitative estimate of drug-likeness (QED) is 0.779. The van der Waals surface area contributed by atoms with Gasteiger partial charge in [-0.1, -0.05) is 18.2 Å². The SMILES string of the molecule is COc1ccc(C(C#N)N2CCN(C(=O)c3cccc(NC(=O)C4CC4)c3)CC2)cc1. The summed E-state index contributed by atoms with van der Waals surface area (Å²) < 4.78 is 5.19. The lowest BCUT2D eigenvalue weighted by atomic mass is 10.1. The summed E-state index contributed by atoms with van der Waals surface area (Å²) in [5.41, 5.74) is 2.14.